The van der Waals surface area contributed by atoms with Gasteiger partial charge in [0.1, 0.15) is 5.82 Å². The monoisotopic (exact) mass is 412 g/mol. The van der Waals surface area contributed by atoms with Crippen molar-refractivity contribution in [1.29, 1.82) is 0 Å². The smallest absolute Gasteiger partial charge is 0.233 e. The maximum absolute atomic E-state index is 12.8. The minimum atomic E-state index is 0.0615. The van der Waals surface area contributed by atoms with Crippen LogP contribution in [-0.4, -0.2) is 37.9 Å². The van der Waals surface area contributed by atoms with Gasteiger partial charge in [-0.25, -0.2) is 0 Å². The number of aryl methyl sites for hydroxylation is 3. The third kappa shape index (κ3) is 4.72. The summed E-state index contributed by atoms with van der Waals surface area (Å²) in [5, 5.41) is 11.3. The molecule has 0 atom stereocenters. The first-order valence-corrected chi connectivity index (χ1v) is 10.9. The Morgan fingerprint density at radius 1 is 1.29 bits per heavy atom. The summed E-state index contributed by atoms with van der Waals surface area (Å²) in [6.07, 6.45) is 1.76. The molecular weight excluding hydrogens is 388 g/mol. The van der Waals surface area contributed by atoms with Gasteiger partial charge in [-0.1, -0.05) is 36.0 Å². The van der Waals surface area contributed by atoms with Crippen molar-refractivity contribution >= 4 is 29.0 Å². The van der Waals surface area contributed by atoms with Gasteiger partial charge >= 0.3 is 0 Å². The van der Waals surface area contributed by atoms with Gasteiger partial charge in [-0.3, -0.25) is 9.36 Å². The van der Waals surface area contributed by atoms with Gasteiger partial charge in [0.15, 0.2) is 5.16 Å². The number of carbonyl (C=O) groups is 1. The Labute approximate surface area is 174 Å². The number of amides is 1. The maximum Gasteiger partial charge on any atom is 0.233 e. The summed E-state index contributed by atoms with van der Waals surface area (Å²) in [4.78, 5) is 15.8. The number of rotatable bonds is 8. The molecule has 1 aromatic carbocycles. The zero-order valence-electron chi connectivity index (χ0n) is 16.4. The molecule has 28 heavy (non-hydrogen) atoms. The highest BCUT2D eigenvalue weighted by Crippen LogP contribution is 2.25. The summed E-state index contributed by atoms with van der Waals surface area (Å²) < 4.78 is 2.03. The van der Waals surface area contributed by atoms with Crippen molar-refractivity contribution in [2.45, 2.75) is 32.5 Å². The standard InChI is InChI=1S/C21H24N4OS2/c1-5-10-24(13-18-7-6-11-27-18)20(26)14-28-21-23-22-17(4)25(21)19-12-15(2)8-9-16(19)3/h5-9,11-12H,1,10,13-14H2,2-4H3. The van der Waals surface area contributed by atoms with E-state index in [1.165, 1.54) is 17.3 Å². The van der Waals surface area contributed by atoms with Crippen LogP contribution in [0.15, 0.2) is 53.5 Å². The zero-order valence-corrected chi connectivity index (χ0v) is 18.0. The van der Waals surface area contributed by atoms with Gasteiger partial charge in [-0.15, -0.1) is 28.1 Å². The molecule has 2 heterocycles. The molecule has 5 nitrogen and oxygen atoms in total. The van der Waals surface area contributed by atoms with Gasteiger partial charge in [0.25, 0.3) is 0 Å². The molecule has 1 amide bonds. The van der Waals surface area contributed by atoms with Crippen molar-refractivity contribution in [3.63, 3.8) is 0 Å². The molecule has 0 aliphatic rings. The lowest BCUT2D eigenvalue weighted by Crippen LogP contribution is -2.31. The maximum atomic E-state index is 12.8. The van der Waals surface area contributed by atoms with Gasteiger partial charge in [-0.05, 0) is 49.4 Å². The van der Waals surface area contributed by atoms with E-state index in [0.717, 1.165) is 27.1 Å². The Hall–Kier alpha value is -2.38. The molecule has 0 bridgehead atoms. The fourth-order valence-electron chi connectivity index (χ4n) is 2.89. The SMILES string of the molecule is C=CCN(Cc1cccs1)C(=O)CSc1nnc(C)n1-c1cc(C)ccc1C. The van der Waals surface area contributed by atoms with Crippen LogP contribution in [0.4, 0.5) is 0 Å². The summed E-state index contributed by atoms with van der Waals surface area (Å²) in [6, 6.07) is 10.4. The Morgan fingerprint density at radius 3 is 2.82 bits per heavy atom. The van der Waals surface area contributed by atoms with Crippen molar-refractivity contribution < 1.29 is 4.79 Å². The van der Waals surface area contributed by atoms with Crippen LogP contribution >= 0.6 is 23.1 Å². The second-order valence-electron chi connectivity index (χ2n) is 6.59. The Bertz CT molecular complexity index is 963. The van der Waals surface area contributed by atoms with E-state index in [4.69, 9.17) is 0 Å². The van der Waals surface area contributed by atoms with Crippen molar-refractivity contribution in [2.75, 3.05) is 12.3 Å². The summed E-state index contributed by atoms with van der Waals surface area (Å²) in [7, 11) is 0. The molecule has 146 valence electrons. The molecule has 0 aliphatic carbocycles. The fraction of sp³-hybridized carbons (Fsp3) is 0.286. The lowest BCUT2D eigenvalue weighted by Gasteiger charge is -2.20. The fourth-order valence-corrected chi connectivity index (χ4v) is 4.51. The van der Waals surface area contributed by atoms with Crippen LogP contribution in [0, 0.1) is 20.8 Å². The number of hydrogen-bond donors (Lipinski definition) is 0. The van der Waals surface area contributed by atoms with E-state index in [1.54, 1.807) is 17.4 Å². The summed E-state index contributed by atoms with van der Waals surface area (Å²) in [6.45, 7) is 11.0. The van der Waals surface area contributed by atoms with Crippen LogP contribution in [0.25, 0.3) is 5.69 Å². The van der Waals surface area contributed by atoms with Crippen molar-refractivity contribution in [1.82, 2.24) is 19.7 Å². The first-order chi connectivity index (χ1) is 13.5. The summed E-state index contributed by atoms with van der Waals surface area (Å²) >= 11 is 3.07. The van der Waals surface area contributed by atoms with E-state index in [9.17, 15) is 4.79 Å². The molecule has 0 saturated heterocycles. The molecule has 0 unspecified atom stereocenters. The number of thiophene rings is 1. The molecule has 0 radical (unpaired) electrons. The number of nitrogens with zero attached hydrogens (tertiary/aromatic N) is 4. The van der Waals surface area contributed by atoms with Crippen LogP contribution in [0.2, 0.25) is 0 Å². The first kappa shape index (κ1) is 20.4. The van der Waals surface area contributed by atoms with E-state index in [-0.39, 0.29) is 5.91 Å². The number of thioether (sulfide) groups is 1. The average molecular weight is 413 g/mol. The van der Waals surface area contributed by atoms with Crippen molar-refractivity contribution in [3.8, 4) is 5.69 Å². The second kappa shape index (κ2) is 9.21. The molecule has 0 fully saturated rings. The van der Waals surface area contributed by atoms with Gasteiger partial charge in [0.2, 0.25) is 5.91 Å². The Balaban J connectivity index is 1.76. The molecule has 0 aliphatic heterocycles. The van der Waals surface area contributed by atoms with Crippen LogP contribution in [0.1, 0.15) is 21.8 Å². The van der Waals surface area contributed by atoms with E-state index >= 15 is 0 Å². The third-order valence-electron chi connectivity index (χ3n) is 4.35. The van der Waals surface area contributed by atoms with Crippen LogP contribution in [0.3, 0.4) is 0 Å². The van der Waals surface area contributed by atoms with Crippen molar-refractivity contribution in [2.24, 2.45) is 0 Å². The Morgan fingerprint density at radius 2 is 2.11 bits per heavy atom. The highest BCUT2D eigenvalue weighted by atomic mass is 32.2. The molecule has 2 aromatic heterocycles. The lowest BCUT2D eigenvalue weighted by atomic mass is 10.1. The minimum Gasteiger partial charge on any atom is -0.333 e. The van der Waals surface area contributed by atoms with Crippen molar-refractivity contribution in [3.05, 3.63) is 70.2 Å². The van der Waals surface area contributed by atoms with E-state index in [0.29, 0.717) is 18.8 Å². The topological polar surface area (TPSA) is 51.0 Å². The summed E-state index contributed by atoms with van der Waals surface area (Å²) in [5.74, 6) is 1.18. The van der Waals surface area contributed by atoms with E-state index in [2.05, 4.69) is 48.8 Å². The van der Waals surface area contributed by atoms with E-state index in [1.807, 2.05) is 33.9 Å². The largest absolute Gasteiger partial charge is 0.333 e. The van der Waals surface area contributed by atoms with Gasteiger partial charge in [0, 0.05) is 11.4 Å². The highest BCUT2D eigenvalue weighted by Gasteiger charge is 2.18. The number of benzene rings is 1. The quantitative estimate of drug-likeness (QED) is 0.402. The minimum absolute atomic E-state index is 0.0615. The Kier molecular flexibility index (Phi) is 6.70. The molecular formula is C21H24N4OS2. The number of hydrogen-bond acceptors (Lipinski definition) is 5. The summed E-state index contributed by atoms with van der Waals surface area (Å²) in [5.41, 5.74) is 3.38. The first-order valence-electron chi connectivity index (χ1n) is 9.03. The normalized spacial score (nSPS) is 10.8. The van der Waals surface area contributed by atoms with Crippen LogP contribution in [0.5, 0.6) is 0 Å². The second-order valence-corrected chi connectivity index (χ2v) is 8.56. The molecule has 3 rings (SSSR count). The highest BCUT2D eigenvalue weighted by molar-refractivity contribution is 7.99. The van der Waals surface area contributed by atoms with Crippen LogP contribution in [-0.2, 0) is 11.3 Å². The zero-order chi connectivity index (χ0) is 20.1. The van der Waals surface area contributed by atoms with Gasteiger partial charge < -0.3 is 4.90 Å². The lowest BCUT2D eigenvalue weighted by molar-refractivity contribution is -0.128. The molecule has 0 saturated carbocycles. The molecule has 3 aromatic rings. The van der Waals surface area contributed by atoms with E-state index < -0.39 is 0 Å². The molecule has 0 spiro atoms. The number of aromatic nitrogens is 3. The predicted octanol–water partition coefficient (Wildman–Crippen LogP) is 4.56. The predicted molar refractivity (Wildman–Crippen MR) is 116 cm³/mol. The average Bonchev–Trinajstić information content (AvgIpc) is 3.31. The van der Waals surface area contributed by atoms with Gasteiger partial charge in [0.05, 0.1) is 18.0 Å². The number of carbonyl (C=O) groups excluding carboxylic acids is 1. The molecule has 7 heteroatoms. The molecule has 0 N–H and O–H groups in total. The van der Waals surface area contributed by atoms with Crippen LogP contribution < -0.4 is 0 Å². The van der Waals surface area contributed by atoms with Gasteiger partial charge in [-0.2, -0.15) is 0 Å². The third-order valence-corrected chi connectivity index (χ3v) is 6.13.